The molecule has 0 saturated heterocycles. The van der Waals surface area contributed by atoms with Crippen molar-refractivity contribution in [3.63, 3.8) is 0 Å². The fourth-order valence-corrected chi connectivity index (χ4v) is 3.74. The molecular weight excluding hydrogens is 318 g/mol. The maximum Gasteiger partial charge on any atom is 0.158 e. The summed E-state index contributed by atoms with van der Waals surface area (Å²) in [7, 11) is 0. The summed E-state index contributed by atoms with van der Waals surface area (Å²) in [6.45, 7) is 6.84. The average molecular weight is 334 g/mol. The molecular formula is C16H16ClN3OS. The highest BCUT2D eigenvalue weighted by Crippen LogP contribution is 2.39. The summed E-state index contributed by atoms with van der Waals surface area (Å²) in [5.41, 5.74) is 3.14. The number of pyridine rings is 1. The SMILES string of the molecule is CCn1ncc2c(-c3ccc(Cl)s3)c(C=O)c(C(C)C)nc21. The normalized spacial score (nSPS) is 11.5. The minimum atomic E-state index is 0.152. The van der Waals surface area contributed by atoms with Crippen LogP contribution in [0.25, 0.3) is 21.5 Å². The number of aromatic nitrogens is 3. The lowest BCUT2D eigenvalue weighted by atomic mass is 9.97. The van der Waals surface area contributed by atoms with Crippen LogP contribution in [0.2, 0.25) is 4.34 Å². The molecule has 22 heavy (non-hydrogen) atoms. The van der Waals surface area contributed by atoms with Crippen LogP contribution < -0.4 is 0 Å². The summed E-state index contributed by atoms with van der Waals surface area (Å²) < 4.78 is 2.56. The van der Waals surface area contributed by atoms with Crippen molar-refractivity contribution in [2.75, 3.05) is 0 Å². The summed E-state index contributed by atoms with van der Waals surface area (Å²) in [6.07, 6.45) is 2.68. The Morgan fingerprint density at radius 3 is 2.73 bits per heavy atom. The van der Waals surface area contributed by atoms with Gasteiger partial charge in [-0.3, -0.25) is 4.79 Å². The summed E-state index contributed by atoms with van der Waals surface area (Å²) in [5.74, 6) is 0.152. The monoisotopic (exact) mass is 333 g/mol. The molecule has 4 nitrogen and oxygen atoms in total. The van der Waals surface area contributed by atoms with Gasteiger partial charge in [-0.05, 0) is 25.0 Å². The van der Waals surface area contributed by atoms with E-state index in [1.807, 2.05) is 37.6 Å². The molecule has 0 amide bonds. The van der Waals surface area contributed by atoms with Gasteiger partial charge in [0.25, 0.3) is 0 Å². The van der Waals surface area contributed by atoms with E-state index in [0.717, 1.165) is 40.0 Å². The lowest BCUT2D eigenvalue weighted by Gasteiger charge is -2.13. The smallest absolute Gasteiger partial charge is 0.158 e. The van der Waals surface area contributed by atoms with Gasteiger partial charge < -0.3 is 0 Å². The van der Waals surface area contributed by atoms with Gasteiger partial charge in [-0.15, -0.1) is 11.3 Å². The minimum absolute atomic E-state index is 0.152. The molecule has 6 heteroatoms. The molecule has 0 aliphatic heterocycles. The average Bonchev–Trinajstić information content (AvgIpc) is 3.10. The Morgan fingerprint density at radius 1 is 1.41 bits per heavy atom. The van der Waals surface area contributed by atoms with Crippen molar-refractivity contribution in [3.8, 4) is 10.4 Å². The Morgan fingerprint density at radius 2 is 2.18 bits per heavy atom. The van der Waals surface area contributed by atoms with Crippen molar-refractivity contribution >= 4 is 40.3 Å². The highest BCUT2D eigenvalue weighted by molar-refractivity contribution is 7.19. The van der Waals surface area contributed by atoms with E-state index in [1.54, 1.807) is 6.20 Å². The number of carbonyl (C=O) groups is 1. The predicted molar refractivity (Wildman–Crippen MR) is 91.0 cm³/mol. The third-order valence-electron chi connectivity index (χ3n) is 3.64. The maximum atomic E-state index is 11.8. The molecule has 0 N–H and O–H groups in total. The van der Waals surface area contributed by atoms with Crippen LogP contribution in [-0.4, -0.2) is 21.1 Å². The fourth-order valence-electron chi connectivity index (χ4n) is 2.63. The summed E-state index contributed by atoms with van der Waals surface area (Å²) >= 11 is 7.55. The van der Waals surface area contributed by atoms with E-state index >= 15 is 0 Å². The van der Waals surface area contributed by atoms with E-state index in [1.165, 1.54) is 11.3 Å². The number of aryl methyl sites for hydroxylation is 1. The molecule has 0 radical (unpaired) electrons. The van der Waals surface area contributed by atoms with Crippen molar-refractivity contribution in [2.24, 2.45) is 0 Å². The molecule has 0 atom stereocenters. The third-order valence-corrected chi connectivity index (χ3v) is 4.89. The number of thiophene rings is 1. The molecule has 0 saturated carbocycles. The van der Waals surface area contributed by atoms with Crippen LogP contribution >= 0.6 is 22.9 Å². The Bertz CT molecular complexity index is 851. The molecule has 114 valence electrons. The van der Waals surface area contributed by atoms with Gasteiger partial charge in [0.15, 0.2) is 11.9 Å². The molecule has 3 rings (SSSR count). The second-order valence-corrected chi connectivity index (χ2v) is 7.07. The first-order valence-electron chi connectivity index (χ1n) is 7.17. The van der Waals surface area contributed by atoms with E-state index in [4.69, 9.17) is 16.6 Å². The lowest BCUT2D eigenvalue weighted by molar-refractivity contribution is 0.112. The molecule has 3 heterocycles. The topological polar surface area (TPSA) is 47.8 Å². The minimum Gasteiger partial charge on any atom is -0.298 e. The first kappa shape index (κ1) is 15.2. The Balaban J connectivity index is 2.45. The van der Waals surface area contributed by atoms with Gasteiger partial charge in [-0.2, -0.15) is 5.10 Å². The van der Waals surface area contributed by atoms with E-state index in [-0.39, 0.29) is 5.92 Å². The second-order valence-electron chi connectivity index (χ2n) is 5.36. The van der Waals surface area contributed by atoms with Crippen molar-refractivity contribution in [1.82, 2.24) is 14.8 Å². The summed E-state index contributed by atoms with van der Waals surface area (Å²) in [6, 6.07) is 3.80. The molecule has 0 unspecified atom stereocenters. The zero-order valence-corrected chi connectivity index (χ0v) is 14.2. The van der Waals surface area contributed by atoms with E-state index < -0.39 is 0 Å². The standard InChI is InChI=1S/C16H16ClN3OS/c1-4-20-16-10(7-18-20)14(12-5-6-13(17)22-12)11(8-21)15(19-16)9(2)3/h5-9H,4H2,1-3H3. The lowest BCUT2D eigenvalue weighted by Crippen LogP contribution is -2.05. The number of hydrogen-bond acceptors (Lipinski definition) is 4. The largest absolute Gasteiger partial charge is 0.298 e. The summed E-state index contributed by atoms with van der Waals surface area (Å²) in [4.78, 5) is 17.4. The molecule has 0 aliphatic carbocycles. The van der Waals surface area contributed by atoms with Crippen LogP contribution in [0.5, 0.6) is 0 Å². The quantitative estimate of drug-likeness (QED) is 0.646. The van der Waals surface area contributed by atoms with Gasteiger partial charge in [0.05, 0.1) is 16.2 Å². The number of nitrogens with zero attached hydrogens (tertiary/aromatic N) is 3. The van der Waals surface area contributed by atoms with Crippen LogP contribution in [0.15, 0.2) is 18.3 Å². The molecule has 0 aliphatic rings. The van der Waals surface area contributed by atoms with Crippen molar-refractivity contribution in [2.45, 2.75) is 33.2 Å². The molecule has 0 bridgehead atoms. The van der Waals surface area contributed by atoms with Crippen molar-refractivity contribution in [1.29, 1.82) is 0 Å². The van der Waals surface area contributed by atoms with Crippen LogP contribution in [0.3, 0.4) is 0 Å². The number of fused-ring (bicyclic) bond motifs is 1. The molecule has 0 spiro atoms. The third kappa shape index (κ3) is 2.34. The van der Waals surface area contributed by atoms with Gasteiger partial charge >= 0.3 is 0 Å². The van der Waals surface area contributed by atoms with E-state index in [2.05, 4.69) is 5.10 Å². The number of carbonyl (C=O) groups excluding carboxylic acids is 1. The number of rotatable bonds is 4. The van der Waals surface area contributed by atoms with Gasteiger partial charge in [-0.25, -0.2) is 9.67 Å². The fraction of sp³-hybridized carbons (Fsp3) is 0.312. The zero-order chi connectivity index (χ0) is 15.9. The van der Waals surface area contributed by atoms with Crippen LogP contribution in [0.4, 0.5) is 0 Å². The van der Waals surface area contributed by atoms with Gasteiger partial charge in [-0.1, -0.05) is 25.4 Å². The zero-order valence-electron chi connectivity index (χ0n) is 12.6. The van der Waals surface area contributed by atoms with Crippen LogP contribution in [0.1, 0.15) is 42.7 Å². The van der Waals surface area contributed by atoms with E-state index in [9.17, 15) is 4.79 Å². The first-order valence-corrected chi connectivity index (χ1v) is 8.36. The number of aldehydes is 1. The van der Waals surface area contributed by atoms with Gasteiger partial charge in [0, 0.05) is 27.9 Å². The van der Waals surface area contributed by atoms with Crippen molar-refractivity contribution in [3.05, 3.63) is 33.9 Å². The maximum absolute atomic E-state index is 11.8. The van der Waals surface area contributed by atoms with Gasteiger partial charge in [0.1, 0.15) is 0 Å². The summed E-state index contributed by atoms with van der Waals surface area (Å²) in [5, 5.41) is 5.29. The Hall–Kier alpha value is -1.72. The first-order chi connectivity index (χ1) is 10.6. The molecule has 3 aromatic rings. The highest BCUT2D eigenvalue weighted by atomic mass is 35.5. The highest BCUT2D eigenvalue weighted by Gasteiger charge is 2.21. The van der Waals surface area contributed by atoms with Crippen LogP contribution in [0, 0.1) is 0 Å². The Labute approximate surface area is 137 Å². The second kappa shape index (κ2) is 5.82. The Kier molecular flexibility index (Phi) is 4.02. The predicted octanol–water partition coefficient (Wildman–Crippen LogP) is 4.77. The van der Waals surface area contributed by atoms with E-state index in [0.29, 0.717) is 9.90 Å². The van der Waals surface area contributed by atoms with Crippen molar-refractivity contribution < 1.29 is 4.79 Å². The molecule has 0 fully saturated rings. The van der Waals surface area contributed by atoms with Gasteiger partial charge in [0.2, 0.25) is 0 Å². The molecule has 3 aromatic heterocycles. The molecule has 0 aromatic carbocycles. The number of halogens is 1. The number of hydrogen-bond donors (Lipinski definition) is 0. The van der Waals surface area contributed by atoms with Crippen LogP contribution in [-0.2, 0) is 6.54 Å².